The molecule has 0 unspecified atom stereocenters. The first-order valence-corrected chi connectivity index (χ1v) is 10.6. The molecule has 0 aliphatic carbocycles. The number of likely N-dealkylation sites (tertiary alicyclic amines) is 1. The maximum absolute atomic E-state index is 12.4. The molecule has 1 amide bonds. The van der Waals surface area contributed by atoms with Crippen LogP contribution in [0.4, 0.5) is 5.82 Å². The van der Waals surface area contributed by atoms with Crippen LogP contribution >= 0.6 is 0 Å². The third kappa shape index (κ3) is 5.45. The molecule has 1 saturated heterocycles. The van der Waals surface area contributed by atoms with Crippen molar-refractivity contribution in [1.29, 1.82) is 0 Å². The van der Waals surface area contributed by atoms with Gasteiger partial charge in [0.15, 0.2) is 0 Å². The lowest BCUT2D eigenvalue weighted by molar-refractivity contribution is -0.115. The van der Waals surface area contributed by atoms with Crippen molar-refractivity contribution in [2.75, 3.05) is 25.0 Å². The highest BCUT2D eigenvalue weighted by molar-refractivity contribution is 5.91. The Labute approximate surface area is 178 Å². The van der Waals surface area contributed by atoms with Crippen LogP contribution in [0.25, 0.3) is 6.08 Å². The van der Waals surface area contributed by atoms with E-state index in [1.54, 1.807) is 6.20 Å². The molecule has 1 aromatic heterocycles. The zero-order valence-corrected chi connectivity index (χ0v) is 17.2. The number of nitrogens with one attached hydrogen (secondary N) is 1. The van der Waals surface area contributed by atoms with Crippen LogP contribution in [0.5, 0.6) is 0 Å². The number of hydrogen-bond acceptors (Lipinski definition) is 3. The van der Waals surface area contributed by atoms with Gasteiger partial charge in [0.05, 0.1) is 18.7 Å². The van der Waals surface area contributed by atoms with E-state index < -0.39 is 0 Å². The summed E-state index contributed by atoms with van der Waals surface area (Å²) in [6, 6.07) is 22.4. The number of aromatic nitrogens is 2. The highest BCUT2D eigenvalue weighted by Crippen LogP contribution is 2.25. The summed E-state index contributed by atoms with van der Waals surface area (Å²) < 4.78 is 1.99. The Balaban J connectivity index is 1.27. The molecule has 5 heteroatoms. The quantitative estimate of drug-likeness (QED) is 0.639. The van der Waals surface area contributed by atoms with Crippen molar-refractivity contribution in [1.82, 2.24) is 14.7 Å². The number of nitrogens with zero attached hydrogens (tertiary/aromatic N) is 3. The second kappa shape index (κ2) is 10.0. The number of anilines is 1. The minimum absolute atomic E-state index is 0.00793. The minimum atomic E-state index is -0.00793. The molecule has 2 heterocycles. The fraction of sp³-hybridized carbons (Fsp3) is 0.280. The van der Waals surface area contributed by atoms with Gasteiger partial charge in [-0.3, -0.25) is 9.69 Å². The normalized spacial score (nSPS) is 15.5. The molecule has 5 nitrogen and oxygen atoms in total. The lowest BCUT2D eigenvalue weighted by atomic mass is 10.1. The number of carbonyl (C=O) groups is 1. The van der Waals surface area contributed by atoms with Crippen molar-refractivity contribution in [3.8, 4) is 0 Å². The molecule has 1 fully saturated rings. The lowest BCUT2D eigenvalue weighted by Crippen LogP contribution is -2.35. The van der Waals surface area contributed by atoms with Crippen molar-refractivity contribution < 1.29 is 4.79 Å². The van der Waals surface area contributed by atoms with Crippen LogP contribution in [-0.4, -0.2) is 40.2 Å². The molecule has 2 aromatic carbocycles. The second-order valence-electron chi connectivity index (χ2n) is 7.72. The zero-order valence-electron chi connectivity index (χ0n) is 17.2. The van der Waals surface area contributed by atoms with E-state index in [0.717, 1.165) is 43.9 Å². The van der Waals surface area contributed by atoms with Gasteiger partial charge in [-0.25, -0.2) is 4.68 Å². The van der Waals surface area contributed by atoms with E-state index in [1.165, 1.54) is 5.56 Å². The minimum Gasteiger partial charge on any atom is -0.311 e. The molecule has 3 aromatic rings. The molecule has 154 valence electrons. The summed E-state index contributed by atoms with van der Waals surface area (Å²) in [6.45, 7) is 3.02. The maximum atomic E-state index is 12.4. The molecule has 1 aliphatic rings. The third-order valence-electron chi connectivity index (χ3n) is 5.52. The topological polar surface area (TPSA) is 50.2 Å². The van der Waals surface area contributed by atoms with Gasteiger partial charge in [0.2, 0.25) is 5.91 Å². The average Bonchev–Trinajstić information content (AvgIpc) is 3.23. The molecule has 0 spiro atoms. The van der Waals surface area contributed by atoms with E-state index in [0.29, 0.717) is 12.5 Å². The summed E-state index contributed by atoms with van der Waals surface area (Å²) >= 11 is 0. The average molecular weight is 401 g/mol. The monoisotopic (exact) mass is 400 g/mol. The van der Waals surface area contributed by atoms with E-state index >= 15 is 0 Å². The zero-order chi connectivity index (χ0) is 20.6. The largest absolute Gasteiger partial charge is 0.311 e. The predicted octanol–water partition coefficient (Wildman–Crippen LogP) is 4.41. The Morgan fingerprint density at radius 1 is 1.00 bits per heavy atom. The van der Waals surface area contributed by atoms with Crippen molar-refractivity contribution in [2.24, 2.45) is 0 Å². The van der Waals surface area contributed by atoms with Crippen LogP contribution in [-0.2, 0) is 11.2 Å². The summed E-state index contributed by atoms with van der Waals surface area (Å²) in [4.78, 5) is 14.9. The number of rotatable bonds is 7. The van der Waals surface area contributed by atoms with Crippen molar-refractivity contribution in [3.63, 3.8) is 0 Å². The fourth-order valence-corrected chi connectivity index (χ4v) is 3.92. The number of amides is 1. The first-order chi connectivity index (χ1) is 14.8. The Kier molecular flexibility index (Phi) is 6.72. The van der Waals surface area contributed by atoms with Gasteiger partial charge < -0.3 is 5.32 Å². The number of benzene rings is 2. The fourth-order valence-electron chi connectivity index (χ4n) is 3.92. The number of piperidine rings is 1. The van der Waals surface area contributed by atoms with E-state index in [2.05, 4.69) is 51.7 Å². The maximum Gasteiger partial charge on any atom is 0.229 e. The molecule has 0 radical (unpaired) electrons. The Bertz CT molecular complexity index is 957. The number of carbonyl (C=O) groups excluding carboxylic acids is 1. The molecule has 0 bridgehead atoms. The summed E-state index contributed by atoms with van der Waals surface area (Å²) in [5.74, 6) is 0.782. The third-order valence-corrected chi connectivity index (χ3v) is 5.52. The van der Waals surface area contributed by atoms with Crippen LogP contribution < -0.4 is 5.32 Å². The van der Waals surface area contributed by atoms with Crippen molar-refractivity contribution >= 4 is 17.8 Å². The van der Waals surface area contributed by atoms with Gasteiger partial charge in [-0.2, -0.15) is 5.10 Å². The van der Waals surface area contributed by atoms with Crippen LogP contribution in [0.1, 0.15) is 30.0 Å². The lowest BCUT2D eigenvalue weighted by Gasteiger charge is -2.32. The van der Waals surface area contributed by atoms with Crippen molar-refractivity contribution in [3.05, 3.63) is 90.1 Å². The highest BCUT2D eigenvalue weighted by atomic mass is 16.1. The van der Waals surface area contributed by atoms with Gasteiger partial charge in [0.1, 0.15) is 5.82 Å². The Morgan fingerprint density at radius 3 is 2.43 bits per heavy atom. The molecule has 0 atom stereocenters. The summed E-state index contributed by atoms with van der Waals surface area (Å²) in [5, 5.41) is 7.53. The van der Waals surface area contributed by atoms with Gasteiger partial charge in [0, 0.05) is 25.7 Å². The van der Waals surface area contributed by atoms with Gasteiger partial charge in [0.25, 0.3) is 0 Å². The van der Waals surface area contributed by atoms with Gasteiger partial charge >= 0.3 is 0 Å². The Morgan fingerprint density at radius 2 is 1.70 bits per heavy atom. The molecular formula is C25H28N4O. The van der Waals surface area contributed by atoms with E-state index in [1.807, 2.05) is 47.1 Å². The van der Waals surface area contributed by atoms with Gasteiger partial charge in [-0.15, -0.1) is 0 Å². The standard InChI is InChI=1S/C25H28N4O/c30-25(20-22-10-5-2-6-11-22)27-24-13-16-26-29(24)23-14-18-28(19-15-23)17-7-12-21-8-3-1-4-9-21/h1-13,16,23H,14-15,17-20H2,(H,27,30). The SMILES string of the molecule is O=C(Cc1ccccc1)Nc1ccnn1C1CCN(CC=Cc2ccccc2)CC1. The highest BCUT2D eigenvalue weighted by Gasteiger charge is 2.22. The summed E-state index contributed by atoms with van der Waals surface area (Å²) in [7, 11) is 0. The smallest absolute Gasteiger partial charge is 0.229 e. The predicted molar refractivity (Wildman–Crippen MR) is 121 cm³/mol. The van der Waals surface area contributed by atoms with Crippen LogP contribution in [0.15, 0.2) is 79.0 Å². The number of hydrogen-bond donors (Lipinski definition) is 1. The van der Waals surface area contributed by atoms with Crippen molar-refractivity contribution in [2.45, 2.75) is 25.3 Å². The van der Waals surface area contributed by atoms with E-state index in [-0.39, 0.29) is 5.91 Å². The summed E-state index contributed by atoms with van der Waals surface area (Å²) in [6.07, 6.45) is 8.62. The van der Waals surface area contributed by atoms with E-state index in [9.17, 15) is 4.79 Å². The molecule has 0 saturated carbocycles. The first kappa shape index (κ1) is 20.1. The first-order valence-electron chi connectivity index (χ1n) is 10.6. The molecule has 1 aliphatic heterocycles. The van der Waals surface area contributed by atoms with Gasteiger partial charge in [-0.1, -0.05) is 72.8 Å². The molecule has 4 rings (SSSR count). The molecular weight excluding hydrogens is 372 g/mol. The Hall–Kier alpha value is -3.18. The second-order valence-corrected chi connectivity index (χ2v) is 7.72. The van der Waals surface area contributed by atoms with E-state index in [4.69, 9.17) is 0 Å². The summed E-state index contributed by atoms with van der Waals surface area (Å²) in [5.41, 5.74) is 2.25. The molecule has 30 heavy (non-hydrogen) atoms. The van der Waals surface area contributed by atoms with Crippen LogP contribution in [0.2, 0.25) is 0 Å². The molecule has 1 N–H and O–H groups in total. The van der Waals surface area contributed by atoms with Crippen LogP contribution in [0, 0.1) is 0 Å². The van der Waals surface area contributed by atoms with Crippen LogP contribution in [0.3, 0.4) is 0 Å². The van der Waals surface area contributed by atoms with Gasteiger partial charge in [-0.05, 0) is 24.0 Å².